The first-order valence-electron chi connectivity index (χ1n) is 4.93. The summed E-state index contributed by atoms with van der Waals surface area (Å²) in [7, 11) is 1.30. The van der Waals surface area contributed by atoms with Crippen molar-refractivity contribution in [3.8, 4) is 0 Å². The van der Waals surface area contributed by atoms with Crippen LogP contribution in [0.1, 0.15) is 10.4 Å². The van der Waals surface area contributed by atoms with E-state index in [2.05, 4.69) is 10.1 Å². The molecule has 0 aromatic heterocycles. The fraction of sp³-hybridized carbons (Fsp3) is 0.273. The molecule has 0 saturated heterocycles. The van der Waals surface area contributed by atoms with Gasteiger partial charge in [0.2, 0.25) is 0 Å². The second kappa shape index (κ2) is 6.32. The maximum atomic E-state index is 13.4. The Morgan fingerprint density at radius 3 is 2.72 bits per heavy atom. The van der Waals surface area contributed by atoms with Gasteiger partial charge in [0, 0.05) is 12.1 Å². The number of halogens is 2. The lowest BCUT2D eigenvalue weighted by Gasteiger charge is -2.13. The standard InChI is InChI=1S/C11H11ClFNO4/c1-18-5-9(11(16)17)14-10(15)7-3-2-6(12)4-8(7)13/h2-4,9H,5H2,1H3,(H,14,15)(H,16,17). The number of amides is 1. The molecule has 0 saturated carbocycles. The molecular formula is C11H11ClFNO4. The first kappa shape index (κ1) is 14.4. The summed E-state index contributed by atoms with van der Waals surface area (Å²) in [6, 6.07) is 2.25. The lowest BCUT2D eigenvalue weighted by molar-refractivity contribution is -0.140. The Morgan fingerprint density at radius 1 is 1.56 bits per heavy atom. The molecule has 98 valence electrons. The summed E-state index contributed by atoms with van der Waals surface area (Å²) in [5, 5.41) is 11.1. The molecule has 0 aliphatic heterocycles. The van der Waals surface area contributed by atoms with E-state index in [1.165, 1.54) is 19.2 Å². The lowest BCUT2D eigenvalue weighted by Crippen LogP contribution is -2.44. The Bertz CT molecular complexity index is 466. The molecule has 1 aromatic carbocycles. The van der Waals surface area contributed by atoms with Gasteiger partial charge < -0.3 is 15.2 Å². The maximum Gasteiger partial charge on any atom is 0.328 e. The van der Waals surface area contributed by atoms with E-state index in [4.69, 9.17) is 16.7 Å². The molecule has 0 fully saturated rings. The summed E-state index contributed by atoms with van der Waals surface area (Å²) in [5.41, 5.74) is -0.276. The molecular weight excluding hydrogens is 265 g/mol. The van der Waals surface area contributed by atoms with Crippen molar-refractivity contribution in [3.05, 3.63) is 34.6 Å². The van der Waals surface area contributed by atoms with E-state index < -0.39 is 23.7 Å². The van der Waals surface area contributed by atoms with Crippen LogP contribution in [0.4, 0.5) is 4.39 Å². The smallest absolute Gasteiger partial charge is 0.328 e. The average molecular weight is 276 g/mol. The molecule has 1 unspecified atom stereocenters. The van der Waals surface area contributed by atoms with Gasteiger partial charge in [-0.05, 0) is 18.2 Å². The molecule has 18 heavy (non-hydrogen) atoms. The van der Waals surface area contributed by atoms with Crippen LogP contribution in [0.3, 0.4) is 0 Å². The second-order valence-electron chi connectivity index (χ2n) is 3.44. The summed E-state index contributed by atoms with van der Waals surface area (Å²) in [6.07, 6.45) is 0. The monoisotopic (exact) mass is 275 g/mol. The van der Waals surface area contributed by atoms with Crippen LogP contribution >= 0.6 is 11.6 Å². The zero-order valence-corrected chi connectivity index (χ0v) is 10.2. The van der Waals surface area contributed by atoms with Crippen LogP contribution in [0.5, 0.6) is 0 Å². The molecule has 7 heteroatoms. The first-order valence-corrected chi connectivity index (χ1v) is 5.31. The molecule has 1 amide bonds. The topological polar surface area (TPSA) is 75.6 Å². The SMILES string of the molecule is COCC(NC(=O)c1ccc(Cl)cc1F)C(=O)O. The highest BCUT2D eigenvalue weighted by Gasteiger charge is 2.22. The highest BCUT2D eigenvalue weighted by molar-refractivity contribution is 6.30. The van der Waals surface area contributed by atoms with E-state index in [1.807, 2.05) is 0 Å². The molecule has 0 aliphatic rings. The van der Waals surface area contributed by atoms with Crippen molar-refractivity contribution in [1.29, 1.82) is 0 Å². The molecule has 0 heterocycles. The Balaban J connectivity index is 2.83. The fourth-order valence-electron chi connectivity index (χ4n) is 1.25. The minimum atomic E-state index is -1.26. The Hall–Kier alpha value is -1.66. The predicted octanol–water partition coefficient (Wildman–Crippen LogP) is 1.31. The fourth-order valence-corrected chi connectivity index (χ4v) is 1.41. The Kier molecular flexibility index (Phi) is 5.06. The van der Waals surface area contributed by atoms with Crippen molar-refractivity contribution in [2.45, 2.75) is 6.04 Å². The number of carbonyl (C=O) groups excluding carboxylic acids is 1. The van der Waals surface area contributed by atoms with Gasteiger partial charge in [-0.1, -0.05) is 11.6 Å². The number of carbonyl (C=O) groups is 2. The summed E-state index contributed by atoms with van der Waals surface area (Å²) < 4.78 is 18.1. The van der Waals surface area contributed by atoms with Gasteiger partial charge in [0.05, 0.1) is 12.2 Å². The molecule has 0 bridgehead atoms. The first-order chi connectivity index (χ1) is 8.45. The second-order valence-corrected chi connectivity index (χ2v) is 3.88. The number of carboxylic acid groups (broad SMARTS) is 1. The van der Waals surface area contributed by atoms with Crippen molar-refractivity contribution >= 4 is 23.5 Å². The number of benzene rings is 1. The van der Waals surface area contributed by atoms with Crippen LogP contribution in [-0.2, 0) is 9.53 Å². The minimum absolute atomic E-state index is 0.149. The average Bonchev–Trinajstić information content (AvgIpc) is 2.27. The third-order valence-corrected chi connectivity index (χ3v) is 2.35. The zero-order valence-electron chi connectivity index (χ0n) is 9.44. The number of aliphatic carboxylic acids is 1. The molecule has 1 aromatic rings. The number of hydrogen-bond acceptors (Lipinski definition) is 3. The molecule has 1 rings (SSSR count). The van der Waals surface area contributed by atoms with Gasteiger partial charge in [-0.25, -0.2) is 9.18 Å². The predicted molar refractivity (Wildman–Crippen MR) is 62.2 cm³/mol. The van der Waals surface area contributed by atoms with Crippen LogP contribution in [0.2, 0.25) is 5.02 Å². The number of ether oxygens (including phenoxy) is 1. The van der Waals surface area contributed by atoms with Gasteiger partial charge in [0.1, 0.15) is 5.82 Å². The van der Waals surface area contributed by atoms with E-state index >= 15 is 0 Å². The van der Waals surface area contributed by atoms with Gasteiger partial charge in [-0.2, -0.15) is 0 Å². The highest BCUT2D eigenvalue weighted by Crippen LogP contribution is 2.14. The van der Waals surface area contributed by atoms with Crippen LogP contribution in [0.15, 0.2) is 18.2 Å². The van der Waals surface area contributed by atoms with E-state index in [9.17, 15) is 14.0 Å². The van der Waals surface area contributed by atoms with Crippen LogP contribution in [0, 0.1) is 5.82 Å². The molecule has 2 N–H and O–H groups in total. The van der Waals surface area contributed by atoms with Crippen molar-refractivity contribution < 1.29 is 23.8 Å². The van der Waals surface area contributed by atoms with Gasteiger partial charge >= 0.3 is 5.97 Å². The van der Waals surface area contributed by atoms with E-state index in [-0.39, 0.29) is 17.2 Å². The number of nitrogens with one attached hydrogen (secondary N) is 1. The maximum absolute atomic E-state index is 13.4. The number of hydrogen-bond donors (Lipinski definition) is 2. The van der Waals surface area contributed by atoms with Gasteiger partial charge in [-0.3, -0.25) is 4.79 Å². The summed E-state index contributed by atoms with van der Waals surface area (Å²) in [5.74, 6) is -2.92. The molecule has 1 atom stereocenters. The number of carboxylic acids is 1. The third kappa shape index (κ3) is 3.68. The molecule has 0 radical (unpaired) electrons. The van der Waals surface area contributed by atoms with Crippen molar-refractivity contribution in [2.24, 2.45) is 0 Å². The van der Waals surface area contributed by atoms with Gasteiger partial charge in [-0.15, -0.1) is 0 Å². The summed E-state index contributed by atoms with van der Waals surface area (Å²) >= 11 is 5.54. The lowest BCUT2D eigenvalue weighted by atomic mass is 10.2. The highest BCUT2D eigenvalue weighted by atomic mass is 35.5. The van der Waals surface area contributed by atoms with Crippen LogP contribution in [-0.4, -0.2) is 36.7 Å². The number of methoxy groups -OCH3 is 1. The largest absolute Gasteiger partial charge is 0.480 e. The van der Waals surface area contributed by atoms with Crippen molar-refractivity contribution in [3.63, 3.8) is 0 Å². The molecule has 0 spiro atoms. The normalized spacial score (nSPS) is 11.9. The quantitative estimate of drug-likeness (QED) is 0.849. The van der Waals surface area contributed by atoms with Crippen LogP contribution < -0.4 is 5.32 Å². The van der Waals surface area contributed by atoms with Crippen molar-refractivity contribution in [2.75, 3.05) is 13.7 Å². The summed E-state index contributed by atoms with van der Waals surface area (Å²) in [4.78, 5) is 22.4. The van der Waals surface area contributed by atoms with E-state index in [0.29, 0.717) is 0 Å². The van der Waals surface area contributed by atoms with Gasteiger partial charge in [0.15, 0.2) is 6.04 Å². The zero-order chi connectivity index (χ0) is 13.7. The number of rotatable bonds is 5. The molecule has 5 nitrogen and oxygen atoms in total. The Morgan fingerprint density at radius 2 is 2.22 bits per heavy atom. The van der Waals surface area contributed by atoms with Crippen molar-refractivity contribution in [1.82, 2.24) is 5.32 Å². The van der Waals surface area contributed by atoms with Crippen LogP contribution in [0.25, 0.3) is 0 Å². The Labute approximate surface area is 108 Å². The van der Waals surface area contributed by atoms with E-state index in [0.717, 1.165) is 6.07 Å². The molecule has 0 aliphatic carbocycles. The van der Waals surface area contributed by atoms with E-state index in [1.54, 1.807) is 0 Å². The van der Waals surface area contributed by atoms with Gasteiger partial charge in [0.25, 0.3) is 5.91 Å². The third-order valence-electron chi connectivity index (χ3n) is 2.11. The summed E-state index contributed by atoms with van der Waals surface area (Å²) in [6.45, 7) is -0.212. The minimum Gasteiger partial charge on any atom is -0.480 e.